The lowest BCUT2D eigenvalue weighted by Gasteiger charge is -2.01. The second-order valence-corrected chi connectivity index (χ2v) is 3.79. The zero-order valence-electron chi connectivity index (χ0n) is 9.08. The van der Waals surface area contributed by atoms with E-state index >= 15 is 0 Å². The summed E-state index contributed by atoms with van der Waals surface area (Å²) in [6.07, 6.45) is 4.95. The highest BCUT2D eigenvalue weighted by Crippen LogP contribution is 2.21. The van der Waals surface area contributed by atoms with Crippen molar-refractivity contribution in [3.63, 3.8) is 0 Å². The Labute approximate surface area is 102 Å². The molecule has 0 saturated carbocycles. The fourth-order valence-electron chi connectivity index (χ4n) is 1.52. The average molecular weight is 256 g/mol. The van der Waals surface area contributed by atoms with Crippen molar-refractivity contribution in [3.8, 4) is 0 Å². The fraction of sp³-hybridized carbons (Fsp3) is 0.333. The van der Waals surface area contributed by atoms with Gasteiger partial charge in [-0.1, -0.05) is 11.6 Å². The molecule has 17 heavy (non-hydrogen) atoms. The number of halogens is 1. The molecule has 0 aliphatic heterocycles. The summed E-state index contributed by atoms with van der Waals surface area (Å²) in [5.41, 5.74) is 0. The van der Waals surface area contributed by atoms with E-state index in [2.05, 4.69) is 10.1 Å². The Kier molecular flexibility index (Phi) is 3.10. The number of hydrogen-bond acceptors (Lipinski definition) is 4. The van der Waals surface area contributed by atoms with Crippen LogP contribution < -0.4 is 0 Å². The zero-order chi connectivity index (χ0) is 12.4. The lowest BCUT2D eigenvalue weighted by atomic mass is 10.5. The minimum atomic E-state index is -0.606. The fourth-order valence-corrected chi connectivity index (χ4v) is 1.74. The van der Waals surface area contributed by atoms with Gasteiger partial charge in [-0.05, 0) is 11.8 Å². The minimum Gasteiger partial charge on any atom is -0.358 e. The molecule has 0 bridgehead atoms. The first-order chi connectivity index (χ1) is 8.11. The van der Waals surface area contributed by atoms with Crippen molar-refractivity contribution in [2.75, 3.05) is 0 Å². The quantitative estimate of drug-likeness (QED) is 0.615. The Balaban J connectivity index is 2.25. The predicted octanol–water partition coefficient (Wildman–Crippen LogP) is 1.71. The lowest BCUT2D eigenvalue weighted by Crippen LogP contribution is -2.08. The Morgan fingerprint density at radius 3 is 2.94 bits per heavy atom. The Morgan fingerprint density at radius 2 is 2.35 bits per heavy atom. The monoisotopic (exact) mass is 255 g/mol. The number of imidazole rings is 1. The van der Waals surface area contributed by atoms with Crippen LogP contribution in [0.15, 0.2) is 18.6 Å². The molecule has 0 radical (unpaired) electrons. The Hall–Kier alpha value is -1.89. The van der Waals surface area contributed by atoms with Gasteiger partial charge < -0.3 is 14.7 Å². The molecule has 2 aromatic heterocycles. The predicted molar refractivity (Wildman–Crippen MR) is 60.9 cm³/mol. The maximum atomic E-state index is 10.6. The van der Waals surface area contributed by atoms with Crippen LogP contribution in [0, 0.1) is 10.1 Å². The van der Waals surface area contributed by atoms with Crippen molar-refractivity contribution in [2.24, 2.45) is 0 Å². The van der Waals surface area contributed by atoms with Gasteiger partial charge in [-0.3, -0.25) is 0 Å². The van der Waals surface area contributed by atoms with Gasteiger partial charge in [-0.25, -0.2) is 4.98 Å². The van der Waals surface area contributed by atoms with Gasteiger partial charge in [0.25, 0.3) is 0 Å². The zero-order valence-corrected chi connectivity index (χ0v) is 9.83. The van der Waals surface area contributed by atoms with Crippen LogP contribution >= 0.6 is 11.6 Å². The first-order valence-electron chi connectivity index (χ1n) is 4.99. The molecule has 0 aromatic carbocycles. The Bertz CT molecular complexity index is 547. The van der Waals surface area contributed by atoms with Crippen molar-refractivity contribution in [3.05, 3.63) is 39.6 Å². The molecule has 0 spiro atoms. The summed E-state index contributed by atoms with van der Waals surface area (Å²) in [4.78, 5) is 14.1. The number of nitrogens with zero attached hydrogens (tertiary/aromatic N) is 5. The van der Waals surface area contributed by atoms with Crippen molar-refractivity contribution < 1.29 is 4.92 Å². The molecule has 0 unspecified atom stereocenters. The number of rotatable bonds is 4. The third-order valence-corrected chi connectivity index (χ3v) is 2.58. The molecular formula is C9H10ClN5O2. The third-order valence-electron chi connectivity index (χ3n) is 2.32. The number of hydrogen-bond donors (Lipinski definition) is 0. The third kappa shape index (κ3) is 2.28. The summed E-state index contributed by atoms with van der Waals surface area (Å²) in [6.45, 7) is 3.13. The van der Waals surface area contributed by atoms with Crippen molar-refractivity contribution in [2.45, 2.75) is 20.0 Å². The van der Waals surface area contributed by atoms with Crippen LogP contribution in [-0.2, 0) is 13.1 Å². The smallest absolute Gasteiger partial charge is 0.358 e. The molecule has 0 fully saturated rings. The van der Waals surface area contributed by atoms with E-state index in [1.807, 2.05) is 17.7 Å². The van der Waals surface area contributed by atoms with Gasteiger partial charge in [0.15, 0.2) is 5.02 Å². The van der Waals surface area contributed by atoms with Gasteiger partial charge in [0.1, 0.15) is 12.4 Å². The van der Waals surface area contributed by atoms with Crippen LogP contribution in [0.25, 0.3) is 0 Å². The summed E-state index contributed by atoms with van der Waals surface area (Å²) in [5.74, 6) is 0.447. The molecule has 0 amide bonds. The van der Waals surface area contributed by atoms with Crippen molar-refractivity contribution in [1.29, 1.82) is 0 Å². The molecule has 2 heterocycles. The van der Waals surface area contributed by atoms with E-state index in [1.54, 1.807) is 6.20 Å². The van der Waals surface area contributed by atoms with Crippen molar-refractivity contribution in [1.82, 2.24) is 19.3 Å². The maximum absolute atomic E-state index is 10.6. The first-order valence-corrected chi connectivity index (χ1v) is 5.37. The summed E-state index contributed by atoms with van der Waals surface area (Å²) in [5, 5.41) is 14.4. The number of nitro groups is 1. The summed E-state index contributed by atoms with van der Waals surface area (Å²) >= 11 is 5.70. The summed E-state index contributed by atoms with van der Waals surface area (Å²) in [6, 6.07) is 0. The van der Waals surface area contributed by atoms with E-state index in [4.69, 9.17) is 11.6 Å². The van der Waals surface area contributed by atoms with Crippen molar-refractivity contribution >= 4 is 17.4 Å². The number of aromatic nitrogens is 4. The minimum absolute atomic E-state index is 0.0320. The summed E-state index contributed by atoms with van der Waals surface area (Å²) < 4.78 is 3.34. The molecular weight excluding hydrogens is 246 g/mol. The highest BCUT2D eigenvalue weighted by molar-refractivity contribution is 6.32. The molecule has 2 rings (SSSR count). The standard InChI is InChI=1S/C9H10ClN5O2/c1-2-13-4-3-11-8(13)6-14-5-7(10)9(12-14)15(16)17/h3-5H,2,6H2,1H3. The molecule has 8 heteroatoms. The van der Waals surface area contributed by atoms with Crippen LogP contribution in [0.4, 0.5) is 5.82 Å². The molecule has 0 N–H and O–H groups in total. The molecule has 0 aliphatic carbocycles. The Morgan fingerprint density at radius 1 is 1.59 bits per heavy atom. The number of aryl methyl sites for hydroxylation is 1. The SMILES string of the molecule is CCn1ccnc1Cn1cc(Cl)c([N+](=O)[O-])n1. The van der Waals surface area contributed by atoms with E-state index in [0.717, 1.165) is 12.4 Å². The van der Waals surface area contributed by atoms with Gasteiger partial charge in [0, 0.05) is 18.9 Å². The van der Waals surface area contributed by atoms with Gasteiger partial charge in [0.05, 0.1) is 11.3 Å². The molecule has 0 atom stereocenters. The van der Waals surface area contributed by atoms with Gasteiger partial charge >= 0.3 is 5.82 Å². The maximum Gasteiger partial charge on any atom is 0.408 e. The highest BCUT2D eigenvalue weighted by atomic mass is 35.5. The van der Waals surface area contributed by atoms with E-state index in [0.29, 0.717) is 6.54 Å². The second kappa shape index (κ2) is 4.54. The summed E-state index contributed by atoms with van der Waals surface area (Å²) in [7, 11) is 0. The first kappa shape index (κ1) is 11.6. The van der Waals surface area contributed by atoms with Gasteiger partial charge in [-0.15, -0.1) is 0 Å². The van der Waals surface area contributed by atoms with E-state index in [1.165, 1.54) is 10.9 Å². The van der Waals surface area contributed by atoms with Crippen LogP contribution in [0.3, 0.4) is 0 Å². The van der Waals surface area contributed by atoms with Crippen LogP contribution in [-0.4, -0.2) is 24.3 Å². The normalized spacial score (nSPS) is 10.7. The molecule has 90 valence electrons. The van der Waals surface area contributed by atoms with Crippen LogP contribution in [0.5, 0.6) is 0 Å². The molecule has 2 aromatic rings. The molecule has 7 nitrogen and oxygen atoms in total. The average Bonchev–Trinajstić information content (AvgIpc) is 2.85. The molecule has 0 saturated heterocycles. The van der Waals surface area contributed by atoms with Crippen LogP contribution in [0.1, 0.15) is 12.7 Å². The van der Waals surface area contributed by atoms with E-state index < -0.39 is 4.92 Å². The van der Waals surface area contributed by atoms with Gasteiger partial charge in [-0.2, -0.15) is 4.68 Å². The lowest BCUT2D eigenvalue weighted by molar-refractivity contribution is -0.389. The van der Waals surface area contributed by atoms with Crippen LogP contribution in [0.2, 0.25) is 5.02 Å². The van der Waals surface area contributed by atoms with E-state index in [-0.39, 0.29) is 10.8 Å². The van der Waals surface area contributed by atoms with Gasteiger partial charge in [0.2, 0.25) is 0 Å². The second-order valence-electron chi connectivity index (χ2n) is 3.38. The molecule has 0 aliphatic rings. The highest BCUT2D eigenvalue weighted by Gasteiger charge is 2.19. The topological polar surface area (TPSA) is 78.8 Å². The largest absolute Gasteiger partial charge is 0.408 e. The van der Waals surface area contributed by atoms with E-state index in [9.17, 15) is 10.1 Å².